The molecule has 0 heterocycles. The Bertz CT molecular complexity index is 683. The van der Waals surface area contributed by atoms with E-state index in [1.165, 1.54) is 26.4 Å². The number of methoxy groups -OCH3 is 1. The maximum absolute atomic E-state index is 12.4. The summed E-state index contributed by atoms with van der Waals surface area (Å²) in [5, 5.41) is 6.06. The summed E-state index contributed by atoms with van der Waals surface area (Å²) >= 11 is 0. The van der Waals surface area contributed by atoms with Gasteiger partial charge < -0.3 is 20.1 Å². The van der Waals surface area contributed by atoms with E-state index in [0.717, 1.165) is 37.0 Å². The fraction of sp³-hybridized carbons (Fsp3) is 0.619. The molecule has 5 rings (SSSR count). The van der Waals surface area contributed by atoms with E-state index in [1.54, 1.807) is 18.2 Å². The molecular formula is C21H28N2O4. The molecule has 0 spiro atoms. The van der Waals surface area contributed by atoms with Gasteiger partial charge in [-0.05, 0) is 68.4 Å². The van der Waals surface area contributed by atoms with Crippen LogP contribution >= 0.6 is 0 Å². The molecule has 6 heteroatoms. The van der Waals surface area contributed by atoms with Crippen LogP contribution in [0.5, 0.6) is 11.5 Å². The van der Waals surface area contributed by atoms with Gasteiger partial charge >= 0.3 is 12.0 Å². The molecule has 2 N–H and O–H groups in total. The predicted molar refractivity (Wildman–Crippen MR) is 101 cm³/mol. The van der Waals surface area contributed by atoms with E-state index in [2.05, 4.69) is 10.6 Å². The second-order valence-electron chi connectivity index (χ2n) is 8.45. The molecule has 4 aliphatic carbocycles. The van der Waals surface area contributed by atoms with Gasteiger partial charge in [0.2, 0.25) is 0 Å². The Labute approximate surface area is 160 Å². The van der Waals surface area contributed by atoms with E-state index in [0.29, 0.717) is 11.5 Å². The highest BCUT2D eigenvalue weighted by Gasteiger charge is 2.51. The van der Waals surface area contributed by atoms with Crippen LogP contribution < -0.4 is 20.1 Å². The molecule has 4 fully saturated rings. The van der Waals surface area contributed by atoms with Crippen molar-refractivity contribution in [2.24, 2.45) is 17.8 Å². The molecule has 27 heavy (non-hydrogen) atoms. The molecule has 0 saturated heterocycles. The van der Waals surface area contributed by atoms with Crippen molar-refractivity contribution in [1.29, 1.82) is 0 Å². The van der Waals surface area contributed by atoms with Crippen LogP contribution in [0.1, 0.15) is 44.9 Å². The smallest absolute Gasteiger partial charge is 0.315 e. The normalized spacial score (nSPS) is 30.6. The summed E-state index contributed by atoms with van der Waals surface area (Å²) in [6.45, 7) is 0.256. The van der Waals surface area contributed by atoms with Gasteiger partial charge in [0.25, 0.3) is 0 Å². The van der Waals surface area contributed by atoms with Gasteiger partial charge in [0.05, 0.1) is 13.5 Å². The Morgan fingerprint density at radius 1 is 1.04 bits per heavy atom. The molecule has 0 unspecified atom stereocenters. The van der Waals surface area contributed by atoms with Crippen LogP contribution in [0.3, 0.4) is 0 Å². The third kappa shape index (κ3) is 4.04. The predicted octanol–water partition coefficient (Wildman–Crippen LogP) is 3.26. The number of ether oxygens (including phenoxy) is 2. The number of esters is 1. The molecule has 1 aromatic carbocycles. The number of nitrogens with one attached hydrogen (secondary N) is 2. The minimum absolute atomic E-state index is 0.0171. The Balaban J connectivity index is 1.22. The maximum Gasteiger partial charge on any atom is 0.315 e. The second-order valence-corrected chi connectivity index (χ2v) is 8.45. The summed E-state index contributed by atoms with van der Waals surface area (Å²) in [6.07, 6.45) is 7.49. The van der Waals surface area contributed by atoms with Crippen LogP contribution in [0.25, 0.3) is 0 Å². The van der Waals surface area contributed by atoms with Gasteiger partial charge in [-0.15, -0.1) is 0 Å². The maximum atomic E-state index is 12.4. The van der Waals surface area contributed by atoms with Crippen LogP contribution in [0, 0.1) is 17.8 Å². The number of benzene rings is 1. The molecule has 0 radical (unpaired) electrons. The van der Waals surface area contributed by atoms with Gasteiger partial charge in [-0.25, -0.2) is 4.79 Å². The summed E-state index contributed by atoms with van der Waals surface area (Å²) in [5.74, 6) is 2.86. The van der Waals surface area contributed by atoms with Crippen LogP contribution in [-0.2, 0) is 4.79 Å². The number of amides is 2. The van der Waals surface area contributed by atoms with Gasteiger partial charge in [-0.3, -0.25) is 4.79 Å². The summed E-state index contributed by atoms with van der Waals surface area (Å²) in [7, 11) is 1.53. The average molecular weight is 372 g/mol. The lowest BCUT2D eigenvalue weighted by atomic mass is 9.53. The summed E-state index contributed by atoms with van der Waals surface area (Å²) < 4.78 is 10.5. The first kappa shape index (κ1) is 18.1. The van der Waals surface area contributed by atoms with E-state index in [-0.39, 0.29) is 24.5 Å². The Morgan fingerprint density at radius 2 is 1.63 bits per heavy atom. The van der Waals surface area contributed by atoms with Gasteiger partial charge in [0.1, 0.15) is 0 Å². The fourth-order valence-corrected chi connectivity index (χ4v) is 5.70. The monoisotopic (exact) mass is 372 g/mol. The molecule has 4 aliphatic rings. The molecule has 4 bridgehead atoms. The highest BCUT2D eigenvalue weighted by Crippen LogP contribution is 2.55. The first-order valence-electron chi connectivity index (χ1n) is 9.95. The van der Waals surface area contributed by atoms with Gasteiger partial charge in [0, 0.05) is 12.1 Å². The van der Waals surface area contributed by atoms with Crippen LogP contribution in [0.4, 0.5) is 4.79 Å². The Hall–Kier alpha value is -2.24. The zero-order valence-corrected chi connectivity index (χ0v) is 15.8. The molecule has 1 aromatic rings. The lowest BCUT2D eigenvalue weighted by Gasteiger charge is -2.56. The quantitative estimate of drug-likeness (QED) is 0.594. The van der Waals surface area contributed by atoms with E-state index in [1.807, 2.05) is 6.07 Å². The number of urea groups is 1. The summed E-state index contributed by atoms with van der Waals surface area (Å²) in [6, 6.07) is 6.85. The third-order valence-electron chi connectivity index (χ3n) is 6.32. The van der Waals surface area contributed by atoms with Crippen molar-refractivity contribution in [2.45, 2.75) is 50.5 Å². The van der Waals surface area contributed by atoms with Crippen LogP contribution in [-0.4, -0.2) is 31.2 Å². The zero-order chi connectivity index (χ0) is 18.9. The number of carbonyl (C=O) groups is 2. The van der Waals surface area contributed by atoms with Crippen molar-refractivity contribution >= 4 is 12.0 Å². The second kappa shape index (κ2) is 7.41. The first-order valence-corrected chi connectivity index (χ1v) is 9.95. The lowest BCUT2D eigenvalue weighted by molar-refractivity contribution is -0.134. The van der Waals surface area contributed by atoms with Crippen LogP contribution in [0.15, 0.2) is 24.3 Å². The molecule has 0 atom stereocenters. The largest absolute Gasteiger partial charge is 0.493 e. The Kier molecular flexibility index (Phi) is 4.98. The minimum atomic E-state index is -0.394. The van der Waals surface area contributed by atoms with Crippen molar-refractivity contribution in [3.63, 3.8) is 0 Å². The van der Waals surface area contributed by atoms with Crippen molar-refractivity contribution in [2.75, 3.05) is 13.7 Å². The number of hydrogen-bond acceptors (Lipinski definition) is 4. The number of rotatable bonds is 6. The van der Waals surface area contributed by atoms with Crippen molar-refractivity contribution < 1.29 is 19.1 Å². The summed E-state index contributed by atoms with van der Waals surface area (Å²) in [4.78, 5) is 24.4. The van der Waals surface area contributed by atoms with Crippen molar-refractivity contribution in [3.8, 4) is 11.5 Å². The fourth-order valence-electron chi connectivity index (χ4n) is 5.70. The van der Waals surface area contributed by atoms with Crippen molar-refractivity contribution in [3.05, 3.63) is 24.3 Å². The van der Waals surface area contributed by atoms with Gasteiger partial charge in [0.15, 0.2) is 11.5 Å². The summed E-state index contributed by atoms with van der Waals surface area (Å²) in [5.41, 5.74) is -0.0171. The van der Waals surface area contributed by atoms with Gasteiger partial charge in [-0.1, -0.05) is 12.1 Å². The van der Waals surface area contributed by atoms with Gasteiger partial charge in [-0.2, -0.15) is 0 Å². The van der Waals surface area contributed by atoms with Crippen molar-refractivity contribution in [1.82, 2.24) is 10.6 Å². The average Bonchev–Trinajstić information content (AvgIpc) is 2.60. The molecular weight excluding hydrogens is 344 g/mol. The lowest BCUT2D eigenvalue weighted by Crippen LogP contribution is -2.61. The molecule has 2 amide bonds. The van der Waals surface area contributed by atoms with E-state index in [4.69, 9.17) is 9.47 Å². The number of hydrogen-bond donors (Lipinski definition) is 2. The van der Waals surface area contributed by atoms with E-state index < -0.39 is 5.97 Å². The first-order chi connectivity index (χ1) is 13.0. The molecule has 0 aromatic heterocycles. The third-order valence-corrected chi connectivity index (χ3v) is 6.32. The molecule has 4 saturated carbocycles. The standard InChI is InChI=1S/C21H28N2O4/c1-26-17-4-2-3-5-18(17)27-19(24)6-7-22-20(25)23-21-11-14-8-15(12-21)10-16(9-14)13-21/h2-5,14-16H,6-13H2,1H3,(H2,22,23,25). The molecule has 0 aliphatic heterocycles. The van der Waals surface area contributed by atoms with Crippen LogP contribution in [0.2, 0.25) is 0 Å². The highest BCUT2D eigenvalue weighted by molar-refractivity contribution is 5.77. The minimum Gasteiger partial charge on any atom is -0.493 e. The topological polar surface area (TPSA) is 76.7 Å². The molecule has 146 valence electrons. The Morgan fingerprint density at radius 3 is 2.22 bits per heavy atom. The number of carbonyl (C=O) groups excluding carboxylic acids is 2. The number of para-hydroxylation sites is 2. The zero-order valence-electron chi connectivity index (χ0n) is 15.8. The van der Waals surface area contributed by atoms with E-state index in [9.17, 15) is 9.59 Å². The van der Waals surface area contributed by atoms with E-state index >= 15 is 0 Å². The highest BCUT2D eigenvalue weighted by atomic mass is 16.6. The molecule has 6 nitrogen and oxygen atoms in total. The SMILES string of the molecule is COc1ccccc1OC(=O)CCNC(=O)NC12CC3CC(CC(C3)C1)C2.